The molecule has 0 atom stereocenters. The number of amides is 1. The second-order valence-corrected chi connectivity index (χ2v) is 10.6. The molecule has 1 aromatic rings. The maximum atomic E-state index is 12.7. The lowest BCUT2D eigenvalue weighted by Crippen LogP contribution is -2.30. The summed E-state index contributed by atoms with van der Waals surface area (Å²) in [6.07, 6.45) is 1.62. The van der Waals surface area contributed by atoms with Gasteiger partial charge in [-0.2, -0.15) is 0 Å². The number of carbonyl (C=O) groups is 2. The second-order valence-electron chi connectivity index (χ2n) is 8.94. The zero-order chi connectivity index (χ0) is 21.4. The highest BCUT2D eigenvalue weighted by Crippen LogP contribution is 2.41. The Balaban J connectivity index is 2.49. The Bertz CT molecular complexity index is 825. The van der Waals surface area contributed by atoms with Crippen molar-refractivity contribution in [1.29, 1.82) is 0 Å². The summed E-state index contributed by atoms with van der Waals surface area (Å²) in [5.41, 5.74) is 1.90. The number of benzene rings is 1. The maximum Gasteiger partial charge on any atom is 0.305 e. The van der Waals surface area contributed by atoms with Crippen molar-refractivity contribution in [3.05, 3.63) is 33.7 Å². The van der Waals surface area contributed by atoms with E-state index in [4.69, 9.17) is 17.3 Å². The van der Waals surface area contributed by atoms with E-state index in [1.165, 1.54) is 16.7 Å². The Labute approximate surface area is 175 Å². The SMILES string of the molecule is CC(C)(C)c1cc(/C=C2\SC(=S)N(CCC(=O)O)C2=O)cc(C(C)(C)C)c1O. The Morgan fingerprint density at radius 3 is 2.07 bits per heavy atom. The lowest BCUT2D eigenvalue weighted by molar-refractivity contribution is -0.137. The Morgan fingerprint density at radius 2 is 1.64 bits per heavy atom. The summed E-state index contributed by atoms with van der Waals surface area (Å²) < 4.78 is 0.364. The number of thioether (sulfide) groups is 1. The van der Waals surface area contributed by atoms with Crippen LogP contribution in [0.15, 0.2) is 17.0 Å². The van der Waals surface area contributed by atoms with Gasteiger partial charge in [0.05, 0.1) is 11.3 Å². The molecule has 5 nitrogen and oxygen atoms in total. The normalized spacial score (nSPS) is 16.9. The molecule has 0 spiro atoms. The standard InChI is InChI=1S/C21H27NO4S2/c1-20(2,3)13-9-12(10-14(17(13)25)21(4,5)6)11-15-18(26)22(19(27)28-15)8-7-16(23)24/h9-11,25H,7-8H2,1-6H3,(H,23,24)/b15-11-. The number of carboxylic acid groups (broad SMARTS) is 1. The summed E-state index contributed by atoms with van der Waals surface area (Å²) >= 11 is 6.42. The van der Waals surface area contributed by atoms with Crippen LogP contribution in [0.5, 0.6) is 5.75 Å². The first kappa shape index (κ1) is 22.4. The first-order valence-corrected chi connectivity index (χ1v) is 10.3. The molecule has 0 radical (unpaired) electrons. The van der Waals surface area contributed by atoms with Crippen LogP contribution in [0.3, 0.4) is 0 Å². The van der Waals surface area contributed by atoms with Gasteiger partial charge in [0.1, 0.15) is 10.1 Å². The van der Waals surface area contributed by atoms with Crippen molar-refractivity contribution in [2.24, 2.45) is 0 Å². The molecule has 1 fully saturated rings. The summed E-state index contributed by atoms with van der Waals surface area (Å²) in [7, 11) is 0. The number of phenols is 1. The van der Waals surface area contributed by atoms with Crippen molar-refractivity contribution in [1.82, 2.24) is 4.90 Å². The summed E-state index contributed by atoms with van der Waals surface area (Å²) in [5, 5.41) is 19.7. The summed E-state index contributed by atoms with van der Waals surface area (Å²) in [4.78, 5) is 25.3. The van der Waals surface area contributed by atoms with Crippen LogP contribution in [0.1, 0.15) is 64.7 Å². The number of phenolic OH excluding ortho intramolecular Hbond substituents is 1. The van der Waals surface area contributed by atoms with Crippen LogP contribution in [0.2, 0.25) is 0 Å². The molecule has 1 aliphatic heterocycles. The minimum absolute atomic E-state index is 0.0629. The smallest absolute Gasteiger partial charge is 0.305 e. The van der Waals surface area contributed by atoms with Gasteiger partial charge in [-0.15, -0.1) is 0 Å². The number of carbonyl (C=O) groups excluding carboxylic acids is 1. The lowest BCUT2D eigenvalue weighted by Gasteiger charge is -2.28. The largest absolute Gasteiger partial charge is 0.507 e. The third-order valence-corrected chi connectivity index (χ3v) is 5.85. The molecule has 1 aliphatic rings. The van der Waals surface area contributed by atoms with Crippen LogP contribution in [0.25, 0.3) is 6.08 Å². The molecule has 0 aliphatic carbocycles. The van der Waals surface area contributed by atoms with Crippen LogP contribution in [0.4, 0.5) is 0 Å². The van der Waals surface area contributed by atoms with E-state index in [0.29, 0.717) is 9.23 Å². The molecular weight excluding hydrogens is 394 g/mol. The van der Waals surface area contributed by atoms with Crippen molar-refractivity contribution < 1.29 is 19.8 Å². The number of hydrogen-bond donors (Lipinski definition) is 2. The highest BCUT2D eigenvalue weighted by molar-refractivity contribution is 8.26. The zero-order valence-electron chi connectivity index (χ0n) is 17.1. The van der Waals surface area contributed by atoms with E-state index < -0.39 is 5.97 Å². The van der Waals surface area contributed by atoms with E-state index >= 15 is 0 Å². The summed E-state index contributed by atoms with van der Waals surface area (Å²) in [5.74, 6) is -0.966. The van der Waals surface area contributed by atoms with Gasteiger partial charge in [-0.1, -0.05) is 65.5 Å². The van der Waals surface area contributed by atoms with E-state index in [9.17, 15) is 14.7 Å². The molecular formula is C21H27NO4S2. The summed E-state index contributed by atoms with van der Waals surface area (Å²) in [6.45, 7) is 12.3. The summed E-state index contributed by atoms with van der Waals surface area (Å²) in [6, 6.07) is 3.79. The Morgan fingerprint density at radius 1 is 1.14 bits per heavy atom. The van der Waals surface area contributed by atoms with Crippen molar-refractivity contribution >= 4 is 46.3 Å². The van der Waals surface area contributed by atoms with Gasteiger partial charge in [0.25, 0.3) is 5.91 Å². The number of aromatic hydroxyl groups is 1. The first-order valence-electron chi connectivity index (χ1n) is 9.07. The molecule has 0 saturated carbocycles. The first-order chi connectivity index (χ1) is 12.7. The molecule has 0 unspecified atom stereocenters. The average Bonchev–Trinajstić information content (AvgIpc) is 2.78. The maximum absolute atomic E-state index is 12.7. The van der Waals surface area contributed by atoms with Crippen molar-refractivity contribution in [2.75, 3.05) is 6.54 Å². The lowest BCUT2D eigenvalue weighted by atomic mass is 9.78. The molecule has 152 valence electrons. The zero-order valence-corrected chi connectivity index (χ0v) is 18.8. The molecule has 1 aromatic carbocycles. The molecule has 2 N–H and O–H groups in total. The molecule has 28 heavy (non-hydrogen) atoms. The van der Waals surface area contributed by atoms with E-state index in [1.54, 1.807) is 6.08 Å². The van der Waals surface area contributed by atoms with Crippen molar-refractivity contribution in [3.8, 4) is 5.75 Å². The molecule has 0 bridgehead atoms. The number of nitrogens with zero attached hydrogens (tertiary/aromatic N) is 1. The minimum atomic E-state index is -0.971. The van der Waals surface area contributed by atoms with Gasteiger partial charge < -0.3 is 10.2 Å². The monoisotopic (exact) mass is 421 g/mol. The van der Waals surface area contributed by atoms with E-state index in [0.717, 1.165) is 16.7 Å². The number of carboxylic acids is 1. The number of hydrogen-bond acceptors (Lipinski definition) is 5. The molecule has 1 amide bonds. The van der Waals surface area contributed by atoms with Gasteiger partial charge in [-0.3, -0.25) is 14.5 Å². The predicted molar refractivity (Wildman–Crippen MR) is 118 cm³/mol. The number of rotatable bonds is 4. The van der Waals surface area contributed by atoms with Crippen LogP contribution in [-0.2, 0) is 20.4 Å². The van der Waals surface area contributed by atoms with Gasteiger partial charge in [0, 0.05) is 17.7 Å². The fraction of sp³-hybridized carbons (Fsp3) is 0.476. The van der Waals surface area contributed by atoms with Crippen molar-refractivity contribution in [2.45, 2.75) is 58.8 Å². The van der Waals surface area contributed by atoms with Gasteiger partial charge >= 0.3 is 5.97 Å². The average molecular weight is 422 g/mol. The minimum Gasteiger partial charge on any atom is -0.507 e. The van der Waals surface area contributed by atoms with Crippen LogP contribution in [-0.4, -0.2) is 37.9 Å². The number of aliphatic carboxylic acids is 1. The molecule has 1 heterocycles. The molecule has 2 rings (SSSR count). The quantitative estimate of drug-likeness (QED) is 0.544. The van der Waals surface area contributed by atoms with Gasteiger partial charge in [-0.25, -0.2) is 0 Å². The molecule has 0 aromatic heterocycles. The second kappa shape index (κ2) is 7.87. The van der Waals surface area contributed by atoms with Crippen LogP contribution >= 0.6 is 24.0 Å². The molecule has 1 saturated heterocycles. The fourth-order valence-corrected chi connectivity index (χ4v) is 4.24. The fourth-order valence-electron chi connectivity index (χ4n) is 2.94. The topological polar surface area (TPSA) is 77.8 Å². The highest BCUT2D eigenvalue weighted by Gasteiger charge is 2.33. The third kappa shape index (κ3) is 4.94. The van der Waals surface area contributed by atoms with Gasteiger partial charge in [-0.05, 0) is 34.6 Å². The third-order valence-electron chi connectivity index (χ3n) is 4.47. The van der Waals surface area contributed by atoms with E-state index in [1.807, 2.05) is 53.7 Å². The Hall–Kier alpha value is -1.86. The molecule has 7 heteroatoms. The van der Waals surface area contributed by atoms with E-state index in [-0.39, 0.29) is 35.5 Å². The Kier molecular flexibility index (Phi) is 6.31. The van der Waals surface area contributed by atoms with Crippen molar-refractivity contribution in [3.63, 3.8) is 0 Å². The van der Waals surface area contributed by atoms with Gasteiger partial charge in [0.15, 0.2) is 0 Å². The van der Waals surface area contributed by atoms with Gasteiger partial charge in [0.2, 0.25) is 0 Å². The highest BCUT2D eigenvalue weighted by atomic mass is 32.2. The van der Waals surface area contributed by atoms with Crippen LogP contribution in [0, 0.1) is 0 Å². The number of thiocarbonyl (C=S) groups is 1. The van der Waals surface area contributed by atoms with E-state index in [2.05, 4.69) is 0 Å². The predicted octanol–water partition coefficient (Wildman–Crippen LogP) is 4.66. The van der Waals surface area contributed by atoms with Crippen LogP contribution < -0.4 is 0 Å².